The number of nitrogens with two attached hydrogens (primary N) is 1. The first-order valence-electron chi connectivity index (χ1n) is 5.89. The molecule has 0 amide bonds. The summed E-state index contributed by atoms with van der Waals surface area (Å²) in [6.45, 7) is 1.38. The van der Waals surface area contributed by atoms with Crippen molar-refractivity contribution < 1.29 is 14.3 Å². The molecule has 0 saturated heterocycles. The van der Waals surface area contributed by atoms with Gasteiger partial charge < -0.3 is 15.5 Å². The molecule has 2 aromatic rings. The van der Waals surface area contributed by atoms with E-state index in [2.05, 4.69) is 27.9 Å². The molecule has 1 aromatic heterocycles. The molecule has 0 aliphatic heterocycles. The summed E-state index contributed by atoms with van der Waals surface area (Å²) in [5.41, 5.74) is 6.44. The van der Waals surface area contributed by atoms with Crippen LogP contribution in [0.3, 0.4) is 0 Å². The molecule has 0 bridgehead atoms. The number of H-pyrrole nitrogens is 1. The van der Waals surface area contributed by atoms with Crippen molar-refractivity contribution in [2.45, 2.75) is 19.4 Å². The van der Waals surface area contributed by atoms with Crippen LogP contribution >= 0.6 is 0 Å². The molecule has 1 aromatic carbocycles. The van der Waals surface area contributed by atoms with Crippen LogP contribution < -0.4 is 5.73 Å². The van der Waals surface area contributed by atoms with Crippen molar-refractivity contribution >= 4 is 22.7 Å². The Bertz CT molecular complexity index is 518. The molecule has 0 radical (unpaired) electrons. The number of ketones is 1. The molecule has 0 saturated carbocycles. The van der Waals surface area contributed by atoms with E-state index in [9.17, 15) is 9.59 Å². The van der Waals surface area contributed by atoms with Gasteiger partial charge in [-0.05, 0) is 24.4 Å². The number of esters is 1. The molecule has 3 N–H and O–H groups in total. The van der Waals surface area contributed by atoms with E-state index in [0.717, 1.165) is 0 Å². The number of nitrogens with one attached hydrogen (secondary N) is 1. The highest BCUT2D eigenvalue weighted by molar-refractivity contribution is 5.84. The van der Waals surface area contributed by atoms with Crippen LogP contribution in [0.4, 0.5) is 0 Å². The maximum atomic E-state index is 10.5. The minimum atomic E-state index is -0.803. The van der Waals surface area contributed by atoms with Gasteiger partial charge in [0.25, 0.3) is 0 Å². The normalized spacial score (nSPS) is 11.3. The average Bonchev–Trinajstić information content (AvgIpc) is 2.86. The second-order valence-corrected chi connectivity index (χ2v) is 4.10. The minimum Gasteiger partial charge on any atom is -0.468 e. The molecule has 2 rings (SSSR count). The van der Waals surface area contributed by atoms with E-state index in [-0.39, 0.29) is 12.2 Å². The summed E-state index contributed by atoms with van der Waals surface area (Å²) in [5.74, 6) is -0.659. The topological polar surface area (TPSA) is 85.2 Å². The van der Waals surface area contributed by atoms with Gasteiger partial charge in [0.1, 0.15) is 11.8 Å². The Morgan fingerprint density at radius 3 is 2.58 bits per heavy atom. The molecule has 5 nitrogen and oxygen atoms in total. The first kappa shape index (κ1) is 14.9. The van der Waals surface area contributed by atoms with Gasteiger partial charge in [-0.2, -0.15) is 0 Å². The number of hydrogen-bond acceptors (Lipinski definition) is 4. The van der Waals surface area contributed by atoms with Crippen molar-refractivity contribution in [2.75, 3.05) is 7.11 Å². The summed E-state index contributed by atoms with van der Waals surface area (Å²) < 4.78 is 4.30. The largest absolute Gasteiger partial charge is 0.468 e. The molecule has 1 atom stereocenters. The van der Waals surface area contributed by atoms with Gasteiger partial charge in [0, 0.05) is 18.1 Å². The number of benzene rings is 1. The van der Waals surface area contributed by atoms with Gasteiger partial charge in [0.15, 0.2) is 0 Å². The van der Waals surface area contributed by atoms with Crippen LogP contribution in [0.2, 0.25) is 0 Å². The van der Waals surface area contributed by atoms with Crippen LogP contribution in [0.5, 0.6) is 0 Å². The number of aromatic nitrogens is 1. The van der Waals surface area contributed by atoms with E-state index >= 15 is 0 Å². The maximum absolute atomic E-state index is 10.5. The van der Waals surface area contributed by atoms with Gasteiger partial charge in [-0.3, -0.25) is 9.59 Å². The fourth-order valence-electron chi connectivity index (χ4n) is 1.54. The van der Waals surface area contributed by atoms with Crippen LogP contribution in [0, 0.1) is 0 Å². The molecular formula is C14H18N2O3. The third kappa shape index (κ3) is 4.93. The van der Waals surface area contributed by atoms with E-state index in [0.29, 0.717) is 0 Å². The van der Waals surface area contributed by atoms with Gasteiger partial charge in [0.2, 0.25) is 0 Å². The summed E-state index contributed by atoms with van der Waals surface area (Å²) in [5, 5.41) is 1.28. The number of Topliss-reactive ketones (excluding diaryl/α,β-unsaturated/α-hetero) is 1. The zero-order chi connectivity index (χ0) is 14.3. The van der Waals surface area contributed by atoms with E-state index in [1.807, 2.05) is 18.3 Å². The van der Waals surface area contributed by atoms with Crippen LogP contribution in [-0.4, -0.2) is 29.9 Å². The zero-order valence-corrected chi connectivity index (χ0v) is 11.1. The van der Waals surface area contributed by atoms with Gasteiger partial charge in [0.05, 0.1) is 7.11 Å². The summed E-state index contributed by atoms with van der Waals surface area (Å²) in [6, 6.07) is 9.48. The quantitative estimate of drug-likeness (QED) is 0.823. The van der Waals surface area contributed by atoms with E-state index in [1.165, 1.54) is 24.9 Å². The molecule has 102 valence electrons. The molecule has 0 aliphatic carbocycles. The van der Waals surface area contributed by atoms with E-state index in [4.69, 9.17) is 5.73 Å². The van der Waals surface area contributed by atoms with Crippen molar-refractivity contribution in [3.05, 3.63) is 36.5 Å². The SMILES string of the molecule is COC(=O)C(N)CC(C)=O.c1ccc2[nH]ccc2c1. The highest BCUT2D eigenvalue weighted by atomic mass is 16.5. The fourth-order valence-corrected chi connectivity index (χ4v) is 1.54. The number of methoxy groups -OCH3 is 1. The lowest BCUT2D eigenvalue weighted by Crippen LogP contribution is -2.33. The van der Waals surface area contributed by atoms with Crippen molar-refractivity contribution in [1.82, 2.24) is 4.98 Å². The number of para-hydroxylation sites is 1. The first-order chi connectivity index (χ1) is 9.04. The zero-order valence-electron chi connectivity index (χ0n) is 11.1. The van der Waals surface area contributed by atoms with Gasteiger partial charge in [-0.25, -0.2) is 0 Å². The maximum Gasteiger partial charge on any atom is 0.323 e. The number of hydrogen-bond donors (Lipinski definition) is 2. The van der Waals surface area contributed by atoms with E-state index in [1.54, 1.807) is 0 Å². The monoisotopic (exact) mass is 262 g/mol. The predicted molar refractivity (Wildman–Crippen MR) is 73.6 cm³/mol. The number of carbonyl (C=O) groups is 2. The number of rotatable bonds is 3. The Labute approximate surface area is 111 Å². The predicted octanol–water partition coefficient (Wildman–Crippen LogP) is 1.63. The van der Waals surface area contributed by atoms with Gasteiger partial charge in [-0.1, -0.05) is 18.2 Å². The third-order valence-corrected chi connectivity index (χ3v) is 2.47. The molecule has 5 heteroatoms. The molecule has 1 unspecified atom stereocenters. The second kappa shape index (κ2) is 7.33. The minimum absolute atomic E-state index is 0.0483. The third-order valence-electron chi connectivity index (χ3n) is 2.47. The van der Waals surface area contributed by atoms with Crippen molar-refractivity contribution in [2.24, 2.45) is 5.73 Å². The van der Waals surface area contributed by atoms with Crippen molar-refractivity contribution in [1.29, 1.82) is 0 Å². The Hall–Kier alpha value is -2.14. The Morgan fingerprint density at radius 2 is 2.00 bits per heavy atom. The molecule has 19 heavy (non-hydrogen) atoms. The Balaban J connectivity index is 0.000000190. The lowest BCUT2D eigenvalue weighted by Gasteiger charge is -2.04. The van der Waals surface area contributed by atoms with Crippen molar-refractivity contribution in [3.8, 4) is 0 Å². The van der Waals surface area contributed by atoms with Gasteiger partial charge in [-0.15, -0.1) is 0 Å². The first-order valence-corrected chi connectivity index (χ1v) is 5.89. The number of fused-ring (bicyclic) bond motifs is 1. The van der Waals surface area contributed by atoms with Crippen LogP contribution in [-0.2, 0) is 14.3 Å². The Morgan fingerprint density at radius 1 is 1.32 bits per heavy atom. The lowest BCUT2D eigenvalue weighted by atomic mass is 10.2. The second-order valence-electron chi connectivity index (χ2n) is 4.10. The summed E-state index contributed by atoms with van der Waals surface area (Å²) in [6.07, 6.45) is 2.00. The van der Waals surface area contributed by atoms with Crippen LogP contribution in [0.15, 0.2) is 36.5 Å². The number of ether oxygens (including phenoxy) is 1. The smallest absolute Gasteiger partial charge is 0.323 e. The fraction of sp³-hybridized carbons (Fsp3) is 0.286. The average molecular weight is 262 g/mol. The van der Waals surface area contributed by atoms with Crippen molar-refractivity contribution in [3.63, 3.8) is 0 Å². The molecule has 0 aliphatic rings. The summed E-state index contributed by atoms with van der Waals surface area (Å²) in [7, 11) is 1.24. The molecule has 0 fully saturated rings. The molecular weight excluding hydrogens is 244 g/mol. The summed E-state index contributed by atoms with van der Waals surface area (Å²) >= 11 is 0. The number of aromatic amines is 1. The highest BCUT2D eigenvalue weighted by Crippen LogP contribution is 2.09. The molecule has 0 spiro atoms. The van der Waals surface area contributed by atoms with Gasteiger partial charge >= 0.3 is 5.97 Å². The lowest BCUT2D eigenvalue weighted by molar-refractivity contribution is -0.143. The van der Waals surface area contributed by atoms with E-state index < -0.39 is 12.0 Å². The Kier molecular flexibility index (Phi) is 5.75. The summed E-state index contributed by atoms with van der Waals surface area (Å²) in [4.78, 5) is 24.1. The number of carbonyl (C=O) groups excluding carboxylic acids is 2. The highest BCUT2D eigenvalue weighted by Gasteiger charge is 2.14. The standard InChI is InChI=1S/C8H7N.C6H11NO3/c1-2-4-8-7(3-1)5-6-9-8;1-4(8)3-5(7)6(9)10-2/h1-6,9H;5H,3,7H2,1-2H3. The molecule has 1 heterocycles. The van der Waals surface area contributed by atoms with Crippen LogP contribution in [0.25, 0.3) is 10.9 Å². The van der Waals surface area contributed by atoms with Crippen LogP contribution in [0.1, 0.15) is 13.3 Å².